The van der Waals surface area contributed by atoms with Gasteiger partial charge in [0.25, 0.3) is 0 Å². The molecule has 1 atom stereocenters. The van der Waals surface area contributed by atoms with Gasteiger partial charge in [0.2, 0.25) is 0 Å². The summed E-state index contributed by atoms with van der Waals surface area (Å²) in [6.45, 7) is 1.29. The molecule has 2 N–H and O–H groups in total. The molecule has 130 valence electrons. The molecular weight excluding hydrogens is 332 g/mol. The van der Waals surface area contributed by atoms with Gasteiger partial charge in [-0.2, -0.15) is 0 Å². The third-order valence-corrected chi connectivity index (χ3v) is 4.94. The van der Waals surface area contributed by atoms with Gasteiger partial charge in [0.15, 0.2) is 0 Å². The quantitative estimate of drug-likeness (QED) is 0.850. The Hall–Kier alpha value is -1.95. The minimum Gasteiger partial charge on any atom is -0.491 e. The monoisotopic (exact) mass is 352 g/mol. The standard InChI is InChI=1S/C17H21ClN2O4/c18-13-4-5-15(24-10-11-2-1-3-11)14(8-13)19-17(23)20-7-6-12(9-20)16(21)22/h4-5,8,11-12H,1-3,6-7,9-10H2,(H,19,23)(H,21,22). The topological polar surface area (TPSA) is 78.9 Å². The number of carbonyl (C=O) groups excluding carboxylic acids is 1. The van der Waals surface area contributed by atoms with Gasteiger partial charge < -0.3 is 20.1 Å². The van der Waals surface area contributed by atoms with E-state index in [2.05, 4.69) is 5.32 Å². The van der Waals surface area contributed by atoms with Crippen LogP contribution in [0.3, 0.4) is 0 Å². The highest BCUT2D eigenvalue weighted by Crippen LogP contribution is 2.32. The first kappa shape index (κ1) is 16.9. The van der Waals surface area contributed by atoms with E-state index in [4.69, 9.17) is 21.4 Å². The molecule has 1 aromatic rings. The molecule has 1 aliphatic carbocycles. The largest absolute Gasteiger partial charge is 0.491 e. The zero-order valence-corrected chi connectivity index (χ0v) is 14.1. The van der Waals surface area contributed by atoms with Gasteiger partial charge in [-0.05, 0) is 43.4 Å². The number of aliphatic carboxylic acids is 1. The Morgan fingerprint density at radius 1 is 1.33 bits per heavy atom. The highest BCUT2D eigenvalue weighted by atomic mass is 35.5. The third kappa shape index (κ3) is 3.93. The summed E-state index contributed by atoms with van der Waals surface area (Å²) >= 11 is 6.03. The van der Waals surface area contributed by atoms with Crippen LogP contribution in [0, 0.1) is 11.8 Å². The molecule has 6 nitrogen and oxygen atoms in total. The van der Waals surface area contributed by atoms with E-state index in [1.807, 2.05) is 0 Å². The predicted octanol–water partition coefficient (Wildman–Crippen LogP) is 3.46. The molecule has 2 aliphatic rings. The van der Waals surface area contributed by atoms with Crippen molar-refractivity contribution in [2.75, 3.05) is 25.0 Å². The fraction of sp³-hybridized carbons (Fsp3) is 0.529. The van der Waals surface area contributed by atoms with Crippen molar-refractivity contribution in [1.29, 1.82) is 0 Å². The van der Waals surface area contributed by atoms with Gasteiger partial charge in [-0.1, -0.05) is 18.0 Å². The summed E-state index contributed by atoms with van der Waals surface area (Å²) in [7, 11) is 0. The zero-order chi connectivity index (χ0) is 17.1. The van der Waals surface area contributed by atoms with Gasteiger partial charge in [0, 0.05) is 18.1 Å². The number of amides is 2. The fourth-order valence-corrected chi connectivity index (χ4v) is 3.11. The van der Waals surface area contributed by atoms with Crippen molar-refractivity contribution in [3.8, 4) is 5.75 Å². The Kier molecular flexibility index (Phi) is 5.14. The summed E-state index contributed by atoms with van der Waals surface area (Å²) in [6.07, 6.45) is 4.08. The number of anilines is 1. The minimum atomic E-state index is -0.863. The second kappa shape index (κ2) is 7.30. The van der Waals surface area contributed by atoms with Gasteiger partial charge in [-0.25, -0.2) is 4.79 Å². The highest BCUT2D eigenvalue weighted by molar-refractivity contribution is 6.31. The summed E-state index contributed by atoms with van der Waals surface area (Å²) in [5, 5.41) is 12.3. The molecule has 3 rings (SSSR count). The van der Waals surface area contributed by atoms with E-state index in [0.29, 0.717) is 41.9 Å². The second-order valence-corrected chi connectivity index (χ2v) is 6.88. The molecule has 1 saturated heterocycles. The number of hydrogen-bond donors (Lipinski definition) is 2. The summed E-state index contributed by atoms with van der Waals surface area (Å²) < 4.78 is 5.83. The summed E-state index contributed by atoms with van der Waals surface area (Å²) in [5.41, 5.74) is 0.519. The van der Waals surface area contributed by atoms with Crippen LogP contribution in [0.5, 0.6) is 5.75 Å². The average molecular weight is 353 g/mol. The number of nitrogens with one attached hydrogen (secondary N) is 1. The van der Waals surface area contributed by atoms with Crippen molar-refractivity contribution in [3.05, 3.63) is 23.2 Å². The molecule has 1 aromatic carbocycles. The molecule has 1 aliphatic heterocycles. The maximum absolute atomic E-state index is 12.4. The van der Waals surface area contributed by atoms with E-state index in [1.165, 1.54) is 24.2 Å². The molecule has 1 heterocycles. The van der Waals surface area contributed by atoms with Crippen molar-refractivity contribution >= 4 is 29.3 Å². The van der Waals surface area contributed by atoms with Crippen LogP contribution in [0.2, 0.25) is 5.02 Å². The molecule has 1 unspecified atom stereocenters. The van der Waals surface area contributed by atoms with E-state index >= 15 is 0 Å². The summed E-state index contributed by atoms with van der Waals surface area (Å²) in [6, 6.07) is 4.81. The first-order valence-corrected chi connectivity index (χ1v) is 8.62. The summed E-state index contributed by atoms with van der Waals surface area (Å²) in [4.78, 5) is 24.9. The van der Waals surface area contributed by atoms with Crippen molar-refractivity contribution in [1.82, 2.24) is 4.90 Å². The van der Waals surface area contributed by atoms with Crippen LogP contribution < -0.4 is 10.1 Å². The van der Waals surface area contributed by atoms with Crippen LogP contribution in [0.1, 0.15) is 25.7 Å². The molecule has 0 bridgehead atoms. The van der Waals surface area contributed by atoms with Crippen molar-refractivity contribution in [2.45, 2.75) is 25.7 Å². The van der Waals surface area contributed by atoms with E-state index < -0.39 is 11.9 Å². The average Bonchev–Trinajstić information content (AvgIpc) is 2.98. The van der Waals surface area contributed by atoms with Gasteiger partial charge in [-0.15, -0.1) is 0 Å². The van der Waals surface area contributed by atoms with E-state index in [0.717, 1.165) is 0 Å². The number of halogens is 1. The smallest absolute Gasteiger partial charge is 0.321 e. The van der Waals surface area contributed by atoms with E-state index in [1.54, 1.807) is 18.2 Å². The lowest BCUT2D eigenvalue weighted by Gasteiger charge is -2.26. The molecule has 2 fully saturated rings. The number of likely N-dealkylation sites (tertiary alicyclic amines) is 1. The van der Waals surface area contributed by atoms with Crippen LogP contribution in [0.4, 0.5) is 10.5 Å². The van der Waals surface area contributed by atoms with E-state index in [9.17, 15) is 9.59 Å². The molecule has 0 aromatic heterocycles. The van der Waals surface area contributed by atoms with Gasteiger partial charge in [0.1, 0.15) is 5.75 Å². The van der Waals surface area contributed by atoms with Crippen LogP contribution in [0.15, 0.2) is 18.2 Å². The number of carboxylic acids is 1. The minimum absolute atomic E-state index is 0.222. The molecular formula is C17H21ClN2O4. The van der Waals surface area contributed by atoms with Gasteiger partial charge >= 0.3 is 12.0 Å². The summed E-state index contributed by atoms with van der Waals surface area (Å²) in [5.74, 6) is -0.185. The first-order valence-electron chi connectivity index (χ1n) is 8.24. The molecule has 2 amide bonds. The lowest BCUT2D eigenvalue weighted by molar-refractivity contribution is -0.141. The number of benzene rings is 1. The zero-order valence-electron chi connectivity index (χ0n) is 13.3. The third-order valence-electron chi connectivity index (χ3n) is 4.71. The first-order chi connectivity index (χ1) is 11.5. The molecule has 0 spiro atoms. The Labute approximate surface area is 145 Å². The lowest BCUT2D eigenvalue weighted by atomic mass is 9.86. The van der Waals surface area contributed by atoms with Gasteiger partial charge in [-0.3, -0.25) is 4.79 Å². The number of ether oxygens (including phenoxy) is 1. The molecule has 24 heavy (non-hydrogen) atoms. The van der Waals surface area contributed by atoms with Crippen LogP contribution in [0.25, 0.3) is 0 Å². The number of urea groups is 1. The highest BCUT2D eigenvalue weighted by Gasteiger charge is 2.31. The maximum atomic E-state index is 12.4. The molecule has 7 heteroatoms. The number of hydrogen-bond acceptors (Lipinski definition) is 3. The van der Waals surface area contributed by atoms with Crippen molar-refractivity contribution < 1.29 is 19.4 Å². The number of carbonyl (C=O) groups is 2. The van der Waals surface area contributed by atoms with E-state index in [-0.39, 0.29) is 12.6 Å². The normalized spacial score (nSPS) is 20.5. The van der Waals surface area contributed by atoms with Crippen LogP contribution in [-0.2, 0) is 4.79 Å². The van der Waals surface area contributed by atoms with Crippen molar-refractivity contribution in [3.63, 3.8) is 0 Å². The Morgan fingerprint density at radius 2 is 2.12 bits per heavy atom. The fourth-order valence-electron chi connectivity index (χ4n) is 2.93. The molecule has 0 radical (unpaired) electrons. The number of rotatable bonds is 5. The Bertz CT molecular complexity index is 633. The predicted molar refractivity (Wildman–Crippen MR) is 90.6 cm³/mol. The Morgan fingerprint density at radius 3 is 2.75 bits per heavy atom. The van der Waals surface area contributed by atoms with Crippen LogP contribution in [-0.4, -0.2) is 41.7 Å². The maximum Gasteiger partial charge on any atom is 0.321 e. The van der Waals surface area contributed by atoms with Crippen molar-refractivity contribution in [2.24, 2.45) is 11.8 Å². The van der Waals surface area contributed by atoms with Gasteiger partial charge in [0.05, 0.1) is 18.2 Å². The Balaban J connectivity index is 1.63. The molecule has 1 saturated carbocycles. The second-order valence-electron chi connectivity index (χ2n) is 6.45. The number of carboxylic acid groups (broad SMARTS) is 1. The lowest BCUT2D eigenvalue weighted by Crippen LogP contribution is -2.34. The van der Waals surface area contributed by atoms with Crippen LogP contribution >= 0.6 is 11.6 Å². The SMILES string of the molecule is O=C(O)C1CCN(C(=O)Nc2cc(Cl)ccc2OCC2CCC2)C1. The number of nitrogens with zero attached hydrogens (tertiary/aromatic N) is 1.